The van der Waals surface area contributed by atoms with Crippen molar-refractivity contribution in [2.45, 2.75) is 39.2 Å². The second-order valence-corrected chi connectivity index (χ2v) is 6.93. The maximum absolute atomic E-state index is 13.1. The lowest BCUT2D eigenvalue weighted by Crippen LogP contribution is -2.42. The van der Waals surface area contributed by atoms with Gasteiger partial charge in [-0.25, -0.2) is 13.9 Å². The van der Waals surface area contributed by atoms with E-state index in [1.807, 2.05) is 0 Å². The van der Waals surface area contributed by atoms with Gasteiger partial charge in [-0.2, -0.15) is 5.10 Å². The van der Waals surface area contributed by atoms with E-state index in [1.165, 1.54) is 28.9 Å². The van der Waals surface area contributed by atoms with Gasteiger partial charge in [0.05, 0.1) is 11.4 Å². The first kappa shape index (κ1) is 19.4. The third kappa shape index (κ3) is 4.13. The van der Waals surface area contributed by atoms with Crippen LogP contribution in [0.3, 0.4) is 0 Å². The Labute approximate surface area is 161 Å². The number of halogens is 2. The first-order valence-corrected chi connectivity index (χ1v) is 9.27. The Morgan fingerprint density at radius 3 is 2.44 bits per heavy atom. The van der Waals surface area contributed by atoms with Crippen LogP contribution in [-0.4, -0.2) is 45.8 Å². The predicted molar refractivity (Wildman–Crippen MR) is 98.6 cm³/mol. The van der Waals surface area contributed by atoms with E-state index in [0.29, 0.717) is 24.5 Å². The monoisotopic (exact) mass is 393 g/mol. The first-order chi connectivity index (χ1) is 12.9. The van der Waals surface area contributed by atoms with Crippen LogP contribution in [0, 0.1) is 12.7 Å². The summed E-state index contributed by atoms with van der Waals surface area (Å²) >= 11 is 6.32. The van der Waals surface area contributed by atoms with Crippen LogP contribution in [-0.2, 0) is 9.53 Å². The van der Waals surface area contributed by atoms with E-state index in [0.717, 1.165) is 19.3 Å². The van der Waals surface area contributed by atoms with Gasteiger partial charge < -0.3 is 9.64 Å². The van der Waals surface area contributed by atoms with Gasteiger partial charge in [0, 0.05) is 13.1 Å². The molecule has 0 aliphatic carbocycles. The number of piperidine rings is 1. The number of amides is 1. The summed E-state index contributed by atoms with van der Waals surface area (Å²) in [5.41, 5.74) is 0.979. The van der Waals surface area contributed by atoms with Crippen molar-refractivity contribution >= 4 is 23.5 Å². The number of esters is 1. The largest absolute Gasteiger partial charge is 0.449 e. The highest BCUT2D eigenvalue weighted by atomic mass is 35.5. The highest BCUT2D eigenvalue weighted by Crippen LogP contribution is 2.25. The first-order valence-electron chi connectivity index (χ1n) is 8.89. The number of carbonyl (C=O) groups is 2. The molecular formula is C19H21ClFN3O3. The minimum Gasteiger partial charge on any atom is -0.449 e. The molecule has 1 aliphatic heterocycles. The lowest BCUT2D eigenvalue weighted by molar-refractivity contribution is -0.140. The van der Waals surface area contributed by atoms with Gasteiger partial charge in [0.25, 0.3) is 5.91 Å². The summed E-state index contributed by atoms with van der Waals surface area (Å²) in [4.78, 5) is 26.8. The molecule has 1 aliphatic rings. The molecule has 144 valence electrons. The van der Waals surface area contributed by atoms with Gasteiger partial charge in [0.1, 0.15) is 16.5 Å². The second-order valence-electron chi connectivity index (χ2n) is 6.57. The van der Waals surface area contributed by atoms with Crippen LogP contribution >= 0.6 is 11.6 Å². The normalized spacial score (nSPS) is 15.5. The molecule has 8 heteroatoms. The molecule has 0 spiro atoms. The number of ether oxygens (including phenoxy) is 1. The smallest absolute Gasteiger partial charge is 0.344 e. The van der Waals surface area contributed by atoms with Crippen molar-refractivity contribution in [1.29, 1.82) is 0 Å². The summed E-state index contributed by atoms with van der Waals surface area (Å²) < 4.78 is 19.8. The Balaban J connectivity index is 1.76. The molecule has 2 heterocycles. The van der Waals surface area contributed by atoms with Crippen LogP contribution in [0.5, 0.6) is 0 Å². The number of aromatic nitrogens is 2. The number of rotatable bonds is 4. The highest BCUT2D eigenvalue weighted by Gasteiger charge is 2.29. The van der Waals surface area contributed by atoms with Crippen molar-refractivity contribution in [1.82, 2.24) is 14.7 Å². The van der Waals surface area contributed by atoms with Gasteiger partial charge in [0.2, 0.25) is 0 Å². The van der Waals surface area contributed by atoms with Gasteiger partial charge in [0.15, 0.2) is 6.10 Å². The Morgan fingerprint density at radius 1 is 1.19 bits per heavy atom. The van der Waals surface area contributed by atoms with E-state index in [2.05, 4.69) is 5.10 Å². The number of hydrogen-bond donors (Lipinski definition) is 0. The van der Waals surface area contributed by atoms with Crippen molar-refractivity contribution in [2.75, 3.05) is 13.1 Å². The minimum absolute atomic E-state index is 0.0572. The average Bonchev–Trinajstić information content (AvgIpc) is 2.96. The van der Waals surface area contributed by atoms with Crippen molar-refractivity contribution in [2.24, 2.45) is 0 Å². The van der Waals surface area contributed by atoms with Gasteiger partial charge in [-0.15, -0.1) is 0 Å². The summed E-state index contributed by atoms with van der Waals surface area (Å²) in [6.07, 6.45) is 2.12. The van der Waals surface area contributed by atoms with Crippen LogP contribution in [0.4, 0.5) is 4.39 Å². The minimum atomic E-state index is -0.903. The highest BCUT2D eigenvalue weighted by molar-refractivity contribution is 6.33. The lowest BCUT2D eigenvalue weighted by Gasteiger charge is -2.28. The van der Waals surface area contributed by atoms with E-state index in [9.17, 15) is 14.0 Å². The van der Waals surface area contributed by atoms with E-state index < -0.39 is 12.1 Å². The van der Waals surface area contributed by atoms with Crippen molar-refractivity contribution in [3.8, 4) is 5.69 Å². The fourth-order valence-corrected chi connectivity index (χ4v) is 3.47. The maximum atomic E-state index is 13.1. The standard InChI is InChI=1S/C19H21ClFN3O3/c1-12-16(17(20)24(22-12)15-8-6-14(21)7-9-15)19(26)27-13(2)18(25)23-10-4-3-5-11-23/h6-9,13H,3-5,10-11H2,1-2H3/t13-/m1/s1. The lowest BCUT2D eigenvalue weighted by atomic mass is 10.1. The summed E-state index contributed by atoms with van der Waals surface area (Å²) in [6, 6.07) is 5.57. The van der Waals surface area contributed by atoms with Crippen LogP contribution in [0.1, 0.15) is 42.2 Å². The number of hydrogen-bond acceptors (Lipinski definition) is 4. The number of benzene rings is 1. The molecule has 1 amide bonds. The third-order valence-corrected chi connectivity index (χ3v) is 4.93. The van der Waals surface area contributed by atoms with Crippen LogP contribution in [0.15, 0.2) is 24.3 Å². The maximum Gasteiger partial charge on any atom is 0.344 e. The van der Waals surface area contributed by atoms with E-state index in [4.69, 9.17) is 16.3 Å². The van der Waals surface area contributed by atoms with Crippen LogP contribution in [0.25, 0.3) is 5.69 Å². The van der Waals surface area contributed by atoms with Gasteiger partial charge in [-0.05, 0) is 57.4 Å². The van der Waals surface area contributed by atoms with Gasteiger partial charge in [-0.3, -0.25) is 4.79 Å². The summed E-state index contributed by atoms with van der Waals surface area (Å²) in [5.74, 6) is -1.30. The summed E-state index contributed by atoms with van der Waals surface area (Å²) in [7, 11) is 0. The van der Waals surface area contributed by atoms with Crippen molar-refractivity contribution in [3.05, 3.63) is 46.5 Å². The quantitative estimate of drug-likeness (QED) is 0.745. The average molecular weight is 394 g/mol. The van der Waals surface area contributed by atoms with Gasteiger partial charge in [-0.1, -0.05) is 11.6 Å². The zero-order valence-corrected chi connectivity index (χ0v) is 16.0. The van der Waals surface area contributed by atoms with Gasteiger partial charge >= 0.3 is 5.97 Å². The van der Waals surface area contributed by atoms with Crippen molar-refractivity contribution < 1.29 is 18.7 Å². The molecule has 0 N–H and O–H groups in total. The van der Waals surface area contributed by atoms with Crippen LogP contribution < -0.4 is 0 Å². The molecular weight excluding hydrogens is 373 g/mol. The Hall–Kier alpha value is -2.41. The summed E-state index contributed by atoms with van der Waals surface area (Å²) in [6.45, 7) is 4.55. The van der Waals surface area contributed by atoms with E-state index in [1.54, 1.807) is 18.7 Å². The summed E-state index contributed by atoms with van der Waals surface area (Å²) in [5, 5.41) is 4.30. The molecule has 1 atom stereocenters. The third-order valence-electron chi connectivity index (χ3n) is 4.58. The van der Waals surface area contributed by atoms with E-state index in [-0.39, 0.29) is 22.4 Å². The molecule has 0 bridgehead atoms. The fourth-order valence-electron chi connectivity index (χ4n) is 3.13. The topological polar surface area (TPSA) is 64.4 Å². The van der Waals surface area contributed by atoms with Crippen molar-refractivity contribution in [3.63, 3.8) is 0 Å². The zero-order chi connectivity index (χ0) is 19.6. The number of aryl methyl sites for hydroxylation is 1. The van der Waals surface area contributed by atoms with E-state index >= 15 is 0 Å². The van der Waals surface area contributed by atoms with Crippen LogP contribution in [0.2, 0.25) is 5.15 Å². The molecule has 1 aromatic carbocycles. The number of nitrogens with zero attached hydrogens (tertiary/aromatic N) is 3. The molecule has 0 unspecified atom stereocenters. The Morgan fingerprint density at radius 2 is 1.81 bits per heavy atom. The Kier molecular flexibility index (Phi) is 5.79. The number of likely N-dealkylation sites (tertiary alicyclic amines) is 1. The molecule has 0 saturated carbocycles. The second kappa shape index (κ2) is 8.08. The molecule has 0 radical (unpaired) electrons. The molecule has 1 fully saturated rings. The molecule has 1 saturated heterocycles. The molecule has 1 aromatic heterocycles. The fraction of sp³-hybridized carbons (Fsp3) is 0.421. The zero-order valence-electron chi connectivity index (χ0n) is 15.2. The number of carbonyl (C=O) groups excluding carboxylic acids is 2. The molecule has 27 heavy (non-hydrogen) atoms. The Bertz CT molecular complexity index is 845. The molecule has 3 rings (SSSR count). The molecule has 2 aromatic rings. The SMILES string of the molecule is Cc1nn(-c2ccc(F)cc2)c(Cl)c1C(=O)O[C@H](C)C(=O)N1CCCCC1. The predicted octanol–water partition coefficient (Wildman–Crippen LogP) is 3.53. The molecule has 6 nitrogen and oxygen atoms in total.